The van der Waals surface area contributed by atoms with Crippen LogP contribution in [0.2, 0.25) is 0 Å². The molecule has 0 atom stereocenters. The Morgan fingerprint density at radius 2 is 1.55 bits per heavy atom. The van der Waals surface area contributed by atoms with Gasteiger partial charge in [-0.1, -0.05) is 12.1 Å². The number of halogens is 3. The van der Waals surface area contributed by atoms with E-state index in [4.69, 9.17) is 9.47 Å². The van der Waals surface area contributed by atoms with Crippen molar-refractivity contribution in [3.05, 3.63) is 71.5 Å². The number of para-hydroxylation sites is 1. The van der Waals surface area contributed by atoms with Gasteiger partial charge in [0.15, 0.2) is 0 Å². The minimum absolute atomic E-state index is 0.248. The summed E-state index contributed by atoms with van der Waals surface area (Å²) in [6, 6.07) is 11.5. The van der Waals surface area contributed by atoms with E-state index >= 15 is 0 Å². The number of thiol groups is 1. The summed E-state index contributed by atoms with van der Waals surface area (Å²) in [5, 5.41) is 1.48. The van der Waals surface area contributed by atoms with Crippen molar-refractivity contribution in [2.45, 2.75) is 11.4 Å². The molecule has 0 radical (unpaired) electrons. The number of methoxy groups -OCH3 is 2. The largest absolute Gasteiger partial charge is 0.481 e. The van der Waals surface area contributed by atoms with Crippen molar-refractivity contribution in [3.8, 4) is 11.8 Å². The number of anilines is 2. The number of pyridine rings is 1. The first-order valence-electron chi connectivity index (χ1n) is 8.47. The van der Waals surface area contributed by atoms with E-state index in [1.54, 1.807) is 36.4 Å². The number of rotatable bonds is 7. The van der Waals surface area contributed by atoms with Crippen LogP contribution in [0.4, 0.5) is 24.5 Å². The van der Waals surface area contributed by atoms with Crippen LogP contribution in [0.15, 0.2) is 53.4 Å². The van der Waals surface area contributed by atoms with Crippen LogP contribution in [0.5, 0.6) is 11.8 Å². The molecule has 3 rings (SSSR count). The van der Waals surface area contributed by atoms with E-state index in [2.05, 4.69) is 23.0 Å². The third-order valence-electron chi connectivity index (χ3n) is 4.06. The monoisotopic (exact) mass is 421 g/mol. The summed E-state index contributed by atoms with van der Waals surface area (Å²) >= 11 is 4.42. The first-order chi connectivity index (χ1) is 13.9. The molecule has 0 unspecified atom stereocenters. The van der Waals surface area contributed by atoms with Gasteiger partial charge in [-0.05, 0) is 12.1 Å². The van der Waals surface area contributed by atoms with Crippen LogP contribution in [-0.2, 0) is 6.54 Å². The molecule has 0 saturated carbocycles. The van der Waals surface area contributed by atoms with Gasteiger partial charge in [0.05, 0.1) is 32.1 Å². The number of ether oxygens (including phenoxy) is 2. The zero-order valence-corrected chi connectivity index (χ0v) is 16.5. The zero-order chi connectivity index (χ0) is 21.0. The molecule has 3 aromatic rings. The van der Waals surface area contributed by atoms with Gasteiger partial charge >= 0.3 is 0 Å². The van der Waals surface area contributed by atoms with Gasteiger partial charge in [-0.3, -0.25) is 10.4 Å². The minimum Gasteiger partial charge on any atom is -0.481 e. The van der Waals surface area contributed by atoms with Gasteiger partial charge < -0.3 is 9.47 Å². The van der Waals surface area contributed by atoms with Crippen LogP contribution in [0.3, 0.4) is 0 Å². The molecular weight excluding hydrogens is 403 g/mol. The number of nitrogens with one attached hydrogen (secondary N) is 1. The van der Waals surface area contributed by atoms with Crippen molar-refractivity contribution in [2.75, 3.05) is 24.7 Å². The van der Waals surface area contributed by atoms with Gasteiger partial charge in [0.25, 0.3) is 0 Å². The molecular formula is C20H18F3N3O2S. The lowest BCUT2D eigenvalue weighted by Crippen LogP contribution is -2.30. The van der Waals surface area contributed by atoms with Crippen LogP contribution >= 0.6 is 12.6 Å². The molecule has 0 fully saturated rings. The molecule has 0 spiro atoms. The number of aromatic nitrogens is 1. The highest BCUT2D eigenvalue weighted by Crippen LogP contribution is 2.29. The zero-order valence-electron chi connectivity index (χ0n) is 15.6. The van der Waals surface area contributed by atoms with Crippen molar-refractivity contribution in [1.29, 1.82) is 0 Å². The number of hydrogen-bond acceptors (Lipinski definition) is 6. The van der Waals surface area contributed by atoms with Crippen molar-refractivity contribution >= 4 is 24.0 Å². The second kappa shape index (κ2) is 8.95. The van der Waals surface area contributed by atoms with Gasteiger partial charge in [-0.25, -0.2) is 13.2 Å². The molecule has 2 aromatic carbocycles. The maximum absolute atomic E-state index is 14.3. The fourth-order valence-corrected chi connectivity index (χ4v) is 2.95. The SMILES string of the molecule is COc1cc(NN(Cc2c(F)cc(F)cc2F)c2ccccc2S)cc(OC)n1. The number of hydrogen-bond donors (Lipinski definition) is 2. The van der Waals surface area contributed by atoms with E-state index in [1.165, 1.54) is 19.2 Å². The Morgan fingerprint density at radius 3 is 2.10 bits per heavy atom. The van der Waals surface area contributed by atoms with Crippen molar-refractivity contribution in [3.63, 3.8) is 0 Å². The fourth-order valence-electron chi connectivity index (χ4n) is 2.67. The number of benzene rings is 2. The normalized spacial score (nSPS) is 10.6. The van der Waals surface area contributed by atoms with E-state index in [0.717, 1.165) is 0 Å². The Labute approximate surface area is 171 Å². The molecule has 5 nitrogen and oxygen atoms in total. The molecule has 1 aromatic heterocycles. The second-order valence-electron chi connectivity index (χ2n) is 5.98. The molecule has 0 saturated heterocycles. The van der Waals surface area contributed by atoms with Gasteiger partial charge in [0, 0.05) is 34.7 Å². The van der Waals surface area contributed by atoms with E-state index < -0.39 is 17.5 Å². The van der Waals surface area contributed by atoms with E-state index in [0.29, 0.717) is 28.4 Å². The molecule has 29 heavy (non-hydrogen) atoms. The highest BCUT2D eigenvalue weighted by molar-refractivity contribution is 7.80. The van der Waals surface area contributed by atoms with Gasteiger partial charge in [0.2, 0.25) is 11.8 Å². The lowest BCUT2D eigenvalue weighted by Gasteiger charge is -2.28. The van der Waals surface area contributed by atoms with Crippen LogP contribution in [0.25, 0.3) is 0 Å². The molecule has 0 aliphatic carbocycles. The van der Waals surface area contributed by atoms with E-state index in [9.17, 15) is 13.2 Å². The van der Waals surface area contributed by atoms with Crippen LogP contribution < -0.4 is 19.9 Å². The third-order valence-corrected chi connectivity index (χ3v) is 4.43. The predicted molar refractivity (Wildman–Crippen MR) is 107 cm³/mol. The van der Waals surface area contributed by atoms with Crippen LogP contribution in [-0.4, -0.2) is 19.2 Å². The summed E-state index contributed by atoms with van der Waals surface area (Å²) < 4.78 is 52.1. The summed E-state index contributed by atoms with van der Waals surface area (Å²) in [7, 11) is 2.91. The third kappa shape index (κ3) is 4.86. The molecule has 0 amide bonds. The molecule has 152 valence electrons. The fraction of sp³-hybridized carbons (Fsp3) is 0.150. The smallest absolute Gasteiger partial charge is 0.218 e. The van der Waals surface area contributed by atoms with Crippen molar-refractivity contribution in [1.82, 2.24) is 4.98 Å². The summed E-state index contributed by atoms with van der Waals surface area (Å²) in [6.07, 6.45) is 0. The summed E-state index contributed by atoms with van der Waals surface area (Å²) in [6.45, 7) is -0.248. The quantitative estimate of drug-likeness (QED) is 0.422. The maximum Gasteiger partial charge on any atom is 0.218 e. The average molecular weight is 421 g/mol. The van der Waals surface area contributed by atoms with E-state index in [1.807, 2.05) is 0 Å². The minimum atomic E-state index is -0.990. The van der Waals surface area contributed by atoms with Crippen LogP contribution in [0.1, 0.15) is 5.56 Å². The standard InChI is InChI=1S/C20H18F3N3O2S/c1-27-19-9-13(10-20(24-19)28-2)25-26(17-5-3-4-6-18(17)29)11-14-15(22)7-12(21)8-16(14)23/h3-10,29H,11H2,1-2H3,(H,24,25). The van der Waals surface area contributed by atoms with Gasteiger partial charge in [-0.15, -0.1) is 12.6 Å². The average Bonchev–Trinajstić information content (AvgIpc) is 2.69. The molecule has 0 bridgehead atoms. The summed E-state index contributed by atoms with van der Waals surface area (Å²) in [5.41, 5.74) is 3.80. The highest BCUT2D eigenvalue weighted by atomic mass is 32.1. The van der Waals surface area contributed by atoms with Crippen molar-refractivity contribution < 1.29 is 22.6 Å². The predicted octanol–water partition coefficient (Wildman–Crippen LogP) is 4.84. The van der Waals surface area contributed by atoms with Crippen molar-refractivity contribution in [2.24, 2.45) is 0 Å². The Kier molecular flexibility index (Phi) is 6.38. The van der Waals surface area contributed by atoms with Gasteiger partial charge in [-0.2, -0.15) is 4.98 Å². The Hall–Kier alpha value is -3.07. The van der Waals surface area contributed by atoms with E-state index in [-0.39, 0.29) is 23.9 Å². The molecule has 0 aliphatic heterocycles. The molecule has 9 heteroatoms. The Bertz CT molecular complexity index is 975. The van der Waals surface area contributed by atoms with Crippen LogP contribution in [0, 0.1) is 17.5 Å². The van der Waals surface area contributed by atoms with Gasteiger partial charge in [0.1, 0.15) is 17.5 Å². The molecule has 1 N–H and O–H groups in total. The lowest BCUT2D eigenvalue weighted by molar-refractivity contribution is 0.365. The number of nitrogens with zero attached hydrogens (tertiary/aromatic N) is 2. The Morgan fingerprint density at radius 1 is 0.966 bits per heavy atom. The molecule has 1 heterocycles. The topological polar surface area (TPSA) is 46.6 Å². The molecule has 0 aliphatic rings. The second-order valence-corrected chi connectivity index (χ2v) is 6.46. The highest BCUT2D eigenvalue weighted by Gasteiger charge is 2.18. The first kappa shape index (κ1) is 20.7. The lowest BCUT2D eigenvalue weighted by atomic mass is 10.1. The first-order valence-corrected chi connectivity index (χ1v) is 8.91. The maximum atomic E-state index is 14.3. The summed E-state index contributed by atoms with van der Waals surface area (Å²) in [4.78, 5) is 4.68. The Balaban J connectivity index is 2.02. The summed E-state index contributed by atoms with van der Waals surface area (Å²) in [5.74, 6) is -2.40. The number of hydrazine groups is 1.